The second kappa shape index (κ2) is 8.61. The van der Waals surface area contributed by atoms with Gasteiger partial charge >= 0.3 is 0 Å². The van der Waals surface area contributed by atoms with Gasteiger partial charge in [0.15, 0.2) is 18.1 Å². The Kier molecular flexibility index (Phi) is 6.21. The summed E-state index contributed by atoms with van der Waals surface area (Å²) in [5, 5.41) is 5.69. The van der Waals surface area contributed by atoms with Crippen molar-refractivity contribution in [2.24, 2.45) is 23.5 Å². The van der Waals surface area contributed by atoms with Crippen molar-refractivity contribution >= 4 is 11.8 Å². The monoisotopic (exact) mass is 375 g/mol. The standard InChI is InChI=1S/C20H29N3O4/c1-3-22-17(24)11-27-15-7-4-12(8-16(15)26-2)10-23-20(25)18-13-5-6-14(9-13)19(18)21/h4,7-8,13-14,18-19H,3,5-6,9-11,21H2,1-2H3,(H,22,24)(H,23,25). The van der Waals surface area contributed by atoms with Crippen LogP contribution in [0.15, 0.2) is 18.2 Å². The van der Waals surface area contributed by atoms with Crippen molar-refractivity contribution < 1.29 is 19.1 Å². The Labute approximate surface area is 160 Å². The Hall–Kier alpha value is -2.28. The van der Waals surface area contributed by atoms with Crippen molar-refractivity contribution in [1.82, 2.24) is 10.6 Å². The molecule has 2 saturated carbocycles. The molecule has 0 heterocycles. The molecule has 7 nitrogen and oxygen atoms in total. The molecule has 0 aliphatic heterocycles. The van der Waals surface area contributed by atoms with E-state index in [0.717, 1.165) is 24.8 Å². The van der Waals surface area contributed by atoms with Crippen LogP contribution in [0.4, 0.5) is 0 Å². The number of carbonyl (C=O) groups is 2. The number of nitrogens with one attached hydrogen (secondary N) is 2. The SMILES string of the molecule is CCNC(=O)COc1ccc(CNC(=O)C2C3CCC(C3)C2N)cc1OC. The Morgan fingerprint density at radius 3 is 2.63 bits per heavy atom. The fourth-order valence-electron chi connectivity index (χ4n) is 4.36. The van der Waals surface area contributed by atoms with Gasteiger partial charge in [-0.25, -0.2) is 0 Å². The number of benzene rings is 1. The van der Waals surface area contributed by atoms with Gasteiger partial charge in [-0.05, 0) is 55.7 Å². The molecule has 0 radical (unpaired) electrons. The van der Waals surface area contributed by atoms with E-state index in [4.69, 9.17) is 15.2 Å². The summed E-state index contributed by atoms with van der Waals surface area (Å²) in [6, 6.07) is 5.41. The van der Waals surface area contributed by atoms with Crippen molar-refractivity contribution in [3.05, 3.63) is 23.8 Å². The summed E-state index contributed by atoms with van der Waals surface area (Å²) in [6.45, 7) is 2.75. The first-order chi connectivity index (χ1) is 13.0. The maximum atomic E-state index is 12.6. The van der Waals surface area contributed by atoms with Crippen LogP contribution in [0, 0.1) is 17.8 Å². The predicted octanol–water partition coefficient (Wildman–Crippen LogP) is 1.20. The molecule has 0 saturated heterocycles. The van der Waals surface area contributed by atoms with Gasteiger partial charge in [-0.3, -0.25) is 9.59 Å². The molecule has 27 heavy (non-hydrogen) atoms. The lowest BCUT2D eigenvalue weighted by Crippen LogP contribution is -2.45. The Balaban J connectivity index is 1.56. The summed E-state index contributed by atoms with van der Waals surface area (Å²) in [5.41, 5.74) is 7.15. The number of amides is 2. The van der Waals surface area contributed by atoms with Gasteiger partial charge in [0.05, 0.1) is 13.0 Å². The molecule has 7 heteroatoms. The minimum absolute atomic E-state index is 0.0108. The first-order valence-electron chi connectivity index (χ1n) is 9.63. The molecule has 3 rings (SSSR count). The van der Waals surface area contributed by atoms with Gasteiger partial charge in [-0.2, -0.15) is 0 Å². The summed E-state index contributed by atoms with van der Waals surface area (Å²) in [4.78, 5) is 24.1. The van der Waals surface area contributed by atoms with Crippen LogP contribution in [-0.4, -0.2) is 38.1 Å². The highest BCUT2D eigenvalue weighted by molar-refractivity contribution is 5.80. The largest absolute Gasteiger partial charge is 0.493 e. The van der Waals surface area contributed by atoms with Gasteiger partial charge in [0.2, 0.25) is 5.91 Å². The van der Waals surface area contributed by atoms with Crippen molar-refractivity contribution in [1.29, 1.82) is 0 Å². The molecule has 2 amide bonds. The van der Waals surface area contributed by atoms with E-state index in [-0.39, 0.29) is 30.4 Å². The average Bonchev–Trinajstić information content (AvgIpc) is 3.26. The molecule has 2 aliphatic carbocycles. The molecule has 2 bridgehead atoms. The first-order valence-corrected chi connectivity index (χ1v) is 9.63. The van der Waals surface area contributed by atoms with Gasteiger partial charge < -0.3 is 25.8 Å². The van der Waals surface area contributed by atoms with E-state index >= 15 is 0 Å². The number of likely N-dealkylation sites (N-methyl/N-ethyl adjacent to an activating group) is 1. The van der Waals surface area contributed by atoms with Crippen LogP contribution in [0.2, 0.25) is 0 Å². The van der Waals surface area contributed by atoms with Crippen molar-refractivity contribution in [2.75, 3.05) is 20.3 Å². The van der Waals surface area contributed by atoms with Crippen LogP contribution in [0.25, 0.3) is 0 Å². The Morgan fingerprint density at radius 2 is 1.96 bits per heavy atom. The zero-order chi connectivity index (χ0) is 19.4. The van der Waals surface area contributed by atoms with Crippen LogP contribution in [0.1, 0.15) is 31.7 Å². The number of methoxy groups -OCH3 is 1. The van der Waals surface area contributed by atoms with E-state index < -0.39 is 0 Å². The maximum Gasteiger partial charge on any atom is 0.257 e. The second-order valence-electron chi connectivity index (χ2n) is 7.38. The van der Waals surface area contributed by atoms with Gasteiger partial charge in [-0.15, -0.1) is 0 Å². The van der Waals surface area contributed by atoms with Crippen LogP contribution in [0.3, 0.4) is 0 Å². The highest BCUT2D eigenvalue weighted by Gasteiger charge is 2.48. The van der Waals surface area contributed by atoms with Crippen molar-refractivity contribution in [3.8, 4) is 11.5 Å². The number of rotatable bonds is 8. The highest BCUT2D eigenvalue weighted by atomic mass is 16.5. The molecule has 1 aromatic rings. The summed E-state index contributed by atoms with van der Waals surface area (Å²) in [7, 11) is 1.55. The fraction of sp³-hybridized carbons (Fsp3) is 0.600. The van der Waals surface area contributed by atoms with E-state index in [1.807, 2.05) is 19.1 Å². The normalized spacial score (nSPS) is 25.9. The van der Waals surface area contributed by atoms with Gasteiger partial charge in [0.1, 0.15) is 0 Å². The van der Waals surface area contributed by atoms with Gasteiger partial charge in [0.25, 0.3) is 5.91 Å². The van der Waals surface area contributed by atoms with E-state index in [1.165, 1.54) is 0 Å². The third kappa shape index (κ3) is 4.35. The van der Waals surface area contributed by atoms with Crippen LogP contribution in [0.5, 0.6) is 11.5 Å². The molecule has 0 spiro atoms. The van der Waals surface area contributed by atoms with E-state index in [9.17, 15) is 9.59 Å². The van der Waals surface area contributed by atoms with Gasteiger partial charge in [-0.1, -0.05) is 6.07 Å². The molecular formula is C20H29N3O4. The lowest BCUT2D eigenvalue weighted by Gasteiger charge is -2.27. The van der Waals surface area contributed by atoms with Crippen LogP contribution < -0.4 is 25.8 Å². The molecule has 2 fully saturated rings. The molecule has 4 unspecified atom stereocenters. The molecule has 1 aromatic carbocycles. The minimum atomic E-state index is -0.182. The lowest BCUT2D eigenvalue weighted by atomic mass is 9.84. The lowest BCUT2D eigenvalue weighted by molar-refractivity contribution is -0.127. The number of fused-ring (bicyclic) bond motifs is 2. The van der Waals surface area contributed by atoms with E-state index in [2.05, 4.69) is 10.6 Å². The minimum Gasteiger partial charge on any atom is -0.493 e. The Bertz CT molecular complexity index is 692. The average molecular weight is 375 g/mol. The number of carbonyl (C=O) groups excluding carboxylic acids is 2. The van der Waals surface area contributed by atoms with Crippen molar-refractivity contribution in [3.63, 3.8) is 0 Å². The summed E-state index contributed by atoms with van der Waals surface area (Å²) >= 11 is 0. The first kappa shape index (κ1) is 19.5. The zero-order valence-corrected chi connectivity index (χ0v) is 16.0. The summed E-state index contributed by atoms with van der Waals surface area (Å²) < 4.78 is 10.9. The molecule has 4 N–H and O–H groups in total. The quantitative estimate of drug-likeness (QED) is 0.634. The number of hydrogen-bond donors (Lipinski definition) is 3. The molecule has 148 valence electrons. The maximum absolute atomic E-state index is 12.6. The topological polar surface area (TPSA) is 103 Å². The third-order valence-electron chi connectivity index (χ3n) is 5.71. The van der Waals surface area contributed by atoms with Crippen LogP contribution >= 0.6 is 0 Å². The summed E-state index contributed by atoms with van der Waals surface area (Å²) in [5.74, 6) is 1.77. The number of nitrogens with two attached hydrogens (primary N) is 1. The molecule has 2 aliphatic rings. The van der Waals surface area contributed by atoms with E-state index in [1.54, 1.807) is 13.2 Å². The fourth-order valence-corrected chi connectivity index (χ4v) is 4.36. The van der Waals surface area contributed by atoms with Gasteiger partial charge in [0, 0.05) is 19.1 Å². The molecule has 0 aromatic heterocycles. The summed E-state index contributed by atoms with van der Waals surface area (Å²) in [6.07, 6.45) is 3.36. The smallest absolute Gasteiger partial charge is 0.257 e. The molecular weight excluding hydrogens is 346 g/mol. The molecule has 4 atom stereocenters. The van der Waals surface area contributed by atoms with Crippen LogP contribution in [-0.2, 0) is 16.1 Å². The number of ether oxygens (including phenoxy) is 2. The second-order valence-corrected chi connectivity index (χ2v) is 7.38. The Morgan fingerprint density at radius 1 is 1.19 bits per heavy atom. The van der Waals surface area contributed by atoms with Crippen molar-refractivity contribution in [2.45, 2.75) is 38.8 Å². The highest BCUT2D eigenvalue weighted by Crippen LogP contribution is 2.47. The third-order valence-corrected chi connectivity index (χ3v) is 5.71. The number of hydrogen-bond acceptors (Lipinski definition) is 5. The van der Waals surface area contributed by atoms with E-state index in [0.29, 0.717) is 36.4 Å². The predicted molar refractivity (Wildman–Crippen MR) is 101 cm³/mol. The zero-order valence-electron chi connectivity index (χ0n) is 16.0.